The van der Waals surface area contributed by atoms with Crippen molar-refractivity contribution in [2.75, 3.05) is 13.2 Å². The van der Waals surface area contributed by atoms with Gasteiger partial charge in [0.15, 0.2) is 0 Å². The molecule has 50 valence electrons. The van der Waals surface area contributed by atoms with Crippen LogP contribution < -0.4 is 0 Å². The molecule has 1 aliphatic rings. The highest BCUT2D eigenvalue weighted by Crippen LogP contribution is 2.08. The van der Waals surface area contributed by atoms with E-state index in [0.29, 0.717) is 0 Å². The zero-order chi connectivity index (χ0) is 6.74. The highest BCUT2D eigenvalue weighted by molar-refractivity contribution is 5.86. The highest BCUT2D eigenvalue weighted by Gasteiger charge is 2.26. The largest absolute Gasteiger partial charge is 0.393 e. The summed E-state index contributed by atoms with van der Waals surface area (Å²) in [7, 11) is 0. The number of aliphatic hydroxyl groups excluding tert-OH is 2. The minimum absolute atomic E-state index is 0.191. The van der Waals surface area contributed by atoms with E-state index in [1.54, 1.807) is 0 Å². The van der Waals surface area contributed by atoms with Crippen LogP contribution in [0.5, 0.6) is 0 Å². The molecule has 0 aliphatic carbocycles. The molecule has 4 nitrogen and oxygen atoms in total. The van der Waals surface area contributed by atoms with E-state index in [1.807, 2.05) is 0 Å². The van der Waals surface area contributed by atoms with Gasteiger partial charge >= 0.3 is 0 Å². The fourth-order valence-corrected chi connectivity index (χ4v) is 0.567. The Bertz CT molecular complexity index is 135. The molecule has 0 amide bonds. The molecule has 0 saturated carbocycles. The fraction of sp³-hybridized carbons (Fsp3) is 0.600. The van der Waals surface area contributed by atoms with E-state index in [9.17, 15) is 0 Å². The number of aliphatic imine (C=N–C) groups is 2. The summed E-state index contributed by atoms with van der Waals surface area (Å²) in [6, 6.07) is 0. The molecule has 0 saturated heterocycles. The van der Waals surface area contributed by atoms with Gasteiger partial charge in [0.1, 0.15) is 11.9 Å². The molecule has 0 unspecified atom stereocenters. The summed E-state index contributed by atoms with van der Waals surface area (Å²) in [6.45, 7) is -0.382. The molecule has 9 heavy (non-hydrogen) atoms. The molecule has 0 aromatic rings. The second-order valence-electron chi connectivity index (χ2n) is 1.94. The van der Waals surface area contributed by atoms with Crippen LogP contribution in [0.2, 0.25) is 0 Å². The summed E-state index contributed by atoms with van der Waals surface area (Å²) in [5.41, 5.74) is -0.833. The normalized spacial score (nSPS) is 21.1. The van der Waals surface area contributed by atoms with E-state index in [-0.39, 0.29) is 13.2 Å². The molecule has 0 aromatic heterocycles. The zero-order valence-electron chi connectivity index (χ0n) is 4.86. The topological polar surface area (TPSA) is 65.2 Å². The van der Waals surface area contributed by atoms with Crippen LogP contribution in [0.15, 0.2) is 9.98 Å². The van der Waals surface area contributed by atoms with Gasteiger partial charge in [0.05, 0.1) is 13.2 Å². The number of hydrogen-bond acceptors (Lipinski definition) is 4. The van der Waals surface area contributed by atoms with Crippen LogP contribution in [0.25, 0.3) is 0 Å². The number of hydrogen-bond donors (Lipinski definition) is 2. The minimum atomic E-state index is -0.833. The third kappa shape index (κ3) is 0.988. The quantitative estimate of drug-likeness (QED) is 0.491. The van der Waals surface area contributed by atoms with Crippen LogP contribution in [0.4, 0.5) is 0 Å². The standard InChI is InChI=1S/C5H8N2O2/c8-2-5(3-9)1-6-4-7-5/h1,4,8-9H,2-3H2. The summed E-state index contributed by atoms with van der Waals surface area (Å²) >= 11 is 0. The van der Waals surface area contributed by atoms with Crippen molar-refractivity contribution >= 4 is 12.6 Å². The summed E-state index contributed by atoms with van der Waals surface area (Å²) < 4.78 is 0. The van der Waals surface area contributed by atoms with Crippen molar-refractivity contribution in [2.24, 2.45) is 9.98 Å². The lowest BCUT2D eigenvalue weighted by atomic mass is 10.1. The molecule has 0 bridgehead atoms. The lowest BCUT2D eigenvalue weighted by Gasteiger charge is -2.14. The van der Waals surface area contributed by atoms with Gasteiger partial charge < -0.3 is 10.2 Å². The lowest BCUT2D eigenvalue weighted by molar-refractivity contribution is 0.169. The predicted molar refractivity (Wildman–Crippen MR) is 33.9 cm³/mol. The first-order valence-corrected chi connectivity index (χ1v) is 2.63. The fourth-order valence-electron chi connectivity index (χ4n) is 0.567. The maximum Gasteiger partial charge on any atom is 0.143 e. The number of aliphatic hydroxyl groups is 2. The average molecular weight is 128 g/mol. The van der Waals surface area contributed by atoms with Crippen LogP contribution in [0.3, 0.4) is 0 Å². The monoisotopic (exact) mass is 128 g/mol. The van der Waals surface area contributed by atoms with Crippen molar-refractivity contribution in [1.29, 1.82) is 0 Å². The van der Waals surface area contributed by atoms with E-state index >= 15 is 0 Å². The Morgan fingerprint density at radius 3 is 2.22 bits per heavy atom. The van der Waals surface area contributed by atoms with Gasteiger partial charge in [-0.15, -0.1) is 0 Å². The van der Waals surface area contributed by atoms with Crippen molar-refractivity contribution in [1.82, 2.24) is 0 Å². The van der Waals surface area contributed by atoms with E-state index in [2.05, 4.69) is 9.98 Å². The highest BCUT2D eigenvalue weighted by atomic mass is 16.3. The average Bonchev–Trinajstić information content (AvgIpc) is 2.36. The molecule has 1 rings (SSSR count). The summed E-state index contributed by atoms with van der Waals surface area (Å²) in [6.07, 6.45) is 2.76. The summed E-state index contributed by atoms with van der Waals surface area (Å²) in [5, 5.41) is 17.3. The van der Waals surface area contributed by atoms with E-state index in [4.69, 9.17) is 10.2 Å². The first-order valence-electron chi connectivity index (χ1n) is 2.63. The van der Waals surface area contributed by atoms with Gasteiger partial charge in [0.2, 0.25) is 0 Å². The van der Waals surface area contributed by atoms with Crippen LogP contribution in [0.1, 0.15) is 0 Å². The maximum absolute atomic E-state index is 8.65. The van der Waals surface area contributed by atoms with Gasteiger partial charge in [-0.3, -0.25) is 4.99 Å². The van der Waals surface area contributed by atoms with Crippen LogP contribution in [-0.2, 0) is 0 Å². The van der Waals surface area contributed by atoms with Crippen molar-refractivity contribution in [2.45, 2.75) is 5.54 Å². The Hall–Kier alpha value is -0.740. The molecule has 0 atom stereocenters. The number of nitrogens with zero attached hydrogens (tertiary/aromatic N) is 2. The van der Waals surface area contributed by atoms with Crippen LogP contribution >= 0.6 is 0 Å². The van der Waals surface area contributed by atoms with Crippen molar-refractivity contribution in [3.8, 4) is 0 Å². The molecule has 0 radical (unpaired) electrons. The molecule has 4 heteroatoms. The molecular formula is C5H8N2O2. The Labute approximate surface area is 52.6 Å². The van der Waals surface area contributed by atoms with Crippen molar-refractivity contribution in [3.63, 3.8) is 0 Å². The number of rotatable bonds is 2. The smallest absolute Gasteiger partial charge is 0.143 e. The first kappa shape index (κ1) is 6.38. The lowest BCUT2D eigenvalue weighted by Crippen LogP contribution is -2.35. The molecule has 1 heterocycles. The third-order valence-corrected chi connectivity index (χ3v) is 1.24. The summed E-state index contributed by atoms with van der Waals surface area (Å²) in [5.74, 6) is 0. The second-order valence-corrected chi connectivity index (χ2v) is 1.94. The van der Waals surface area contributed by atoms with E-state index in [1.165, 1.54) is 12.6 Å². The first-order chi connectivity index (χ1) is 4.33. The molecule has 0 aromatic carbocycles. The molecule has 1 aliphatic heterocycles. The van der Waals surface area contributed by atoms with Gasteiger partial charge in [-0.2, -0.15) is 0 Å². The van der Waals surface area contributed by atoms with Crippen molar-refractivity contribution < 1.29 is 10.2 Å². The molecule has 0 spiro atoms. The Morgan fingerprint density at radius 2 is 2.00 bits per heavy atom. The Kier molecular flexibility index (Phi) is 1.59. The van der Waals surface area contributed by atoms with Gasteiger partial charge in [-0.25, -0.2) is 4.99 Å². The van der Waals surface area contributed by atoms with Gasteiger partial charge in [-0.1, -0.05) is 0 Å². The SMILES string of the molecule is OCC1(CO)C=NC=N1. The Balaban J connectivity index is 2.69. The minimum Gasteiger partial charge on any atom is -0.393 e. The molecular weight excluding hydrogens is 120 g/mol. The summed E-state index contributed by atoms with van der Waals surface area (Å²) in [4.78, 5) is 7.40. The predicted octanol–water partition coefficient (Wildman–Crippen LogP) is -1.18. The Morgan fingerprint density at radius 1 is 1.33 bits per heavy atom. The molecule has 2 N–H and O–H groups in total. The zero-order valence-corrected chi connectivity index (χ0v) is 4.86. The van der Waals surface area contributed by atoms with Crippen LogP contribution in [0, 0.1) is 0 Å². The van der Waals surface area contributed by atoms with Crippen molar-refractivity contribution in [3.05, 3.63) is 0 Å². The third-order valence-electron chi connectivity index (χ3n) is 1.24. The van der Waals surface area contributed by atoms with E-state index < -0.39 is 5.54 Å². The van der Waals surface area contributed by atoms with Crippen LogP contribution in [-0.4, -0.2) is 41.5 Å². The van der Waals surface area contributed by atoms with E-state index in [0.717, 1.165) is 0 Å². The maximum atomic E-state index is 8.65. The second kappa shape index (κ2) is 2.24. The molecule has 0 fully saturated rings. The van der Waals surface area contributed by atoms with Gasteiger partial charge in [0.25, 0.3) is 0 Å². The van der Waals surface area contributed by atoms with Gasteiger partial charge in [-0.05, 0) is 0 Å². The van der Waals surface area contributed by atoms with Gasteiger partial charge in [0, 0.05) is 6.21 Å².